The summed E-state index contributed by atoms with van der Waals surface area (Å²) < 4.78 is 5.49. The number of aromatic nitrogens is 3. The Balaban J connectivity index is 1.32. The lowest BCUT2D eigenvalue weighted by molar-refractivity contribution is -0.618. The van der Waals surface area contributed by atoms with Gasteiger partial charge in [-0.2, -0.15) is 4.98 Å². The number of benzene rings is 1. The summed E-state index contributed by atoms with van der Waals surface area (Å²) in [6, 6.07) is 7.99. The summed E-state index contributed by atoms with van der Waals surface area (Å²) in [7, 11) is 0. The molecule has 0 atom stereocenters. The summed E-state index contributed by atoms with van der Waals surface area (Å²) in [5.74, 6) is 1.22. The average molecular weight is 437 g/mol. The van der Waals surface area contributed by atoms with Crippen LogP contribution in [0.4, 0.5) is 11.6 Å². The number of nitrogens with one attached hydrogen (secondary N) is 2. The van der Waals surface area contributed by atoms with Gasteiger partial charge in [-0.3, -0.25) is 15.6 Å². The molecule has 0 unspecified atom stereocenters. The molecule has 1 aliphatic heterocycles. The Morgan fingerprint density at radius 1 is 1.16 bits per heavy atom. The third-order valence-corrected chi connectivity index (χ3v) is 6.73. The molecule has 1 saturated carbocycles. The van der Waals surface area contributed by atoms with Crippen LogP contribution in [0.5, 0.6) is 5.75 Å². The number of ether oxygens (including phenoxy) is 1. The number of rotatable bonds is 5. The minimum atomic E-state index is 0.193. The van der Waals surface area contributed by atoms with Gasteiger partial charge in [0.15, 0.2) is 0 Å². The van der Waals surface area contributed by atoms with Gasteiger partial charge in [-0.25, -0.2) is 4.98 Å². The molecular weight excluding hydrogens is 406 g/mol. The Bertz CT molecular complexity index is 1110. The number of fused-ring (bicyclic) bond motifs is 1. The maximum atomic E-state index is 9.75. The van der Waals surface area contributed by atoms with E-state index in [2.05, 4.69) is 25.2 Å². The van der Waals surface area contributed by atoms with Gasteiger partial charge in [0.05, 0.1) is 30.7 Å². The summed E-state index contributed by atoms with van der Waals surface area (Å²) in [4.78, 5) is 14.5. The Hall–Kier alpha value is -3.01. The average Bonchev–Trinajstić information content (AvgIpc) is 3.23. The van der Waals surface area contributed by atoms with Crippen LogP contribution < -0.4 is 11.1 Å². The highest BCUT2D eigenvalue weighted by Crippen LogP contribution is 2.26. The number of H-pyrrole nitrogens is 1. The van der Waals surface area contributed by atoms with Gasteiger partial charge in [0.1, 0.15) is 23.5 Å². The Labute approximate surface area is 186 Å². The minimum absolute atomic E-state index is 0.193. The van der Waals surface area contributed by atoms with E-state index in [1.165, 1.54) is 19.2 Å². The van der Waals surface area contributed by atoms with Gasteiger partial charge in [0.2, 0.25) is 5.82 Å². The highest BCUT2D eigenvalue weighted by atomic mass is 16.5. The summed E-state index contributed by atoms with van der Waals surface area (Å²) in [6.07, 6.45) is 6.01. The predicted octanol–water partition coefficient (Wildman–Crippen LogP) is 1.50. The Morgan fingerprint density at radius 2 is 1.94 bits per heavy atom. The summed E-state index contributed by atoms with van der Waals surface area (Å²) in [6.45, 7) is 3.74. The van der Waals surface area contributed by atoms with Crippen LogP contribution in [0.1, 0.15) is 36.9 Å². The van der Waals surface area contributed by atoms with Gasteiger partial charge in [0, 0.05) is 42.9 Å². The SMILES string of the molecule is N=C(c1cc2cc(O)ccc2[nH]1)c1c(N)ncnc1[NH2+]C1CCC(N2CCOCC2)CC1. The fourth-order valence-corrected chi connectivity index (χ4v) is 4.98. The molecule has 3 heterocycles. The fourth-order valence-electron chi connectivity index (χ4n) is 4.98. The summed E-state index contributed by atoms with van der Waals surface area (Å²) >= 11 is 0. The number of phenolic OH excluding ortho intramolecular Hbond substituents is 1. The van der Waals surface area contributed by atoms with E-state index in [9.17, 15) is 5.11 Å². The lowest BCUT2D eigenvalue weighted by atomic mass is 9.89. The molecule has 9 heteroatoms. The standard InChI is InChI=1S/C23H29N7O2/c24-21(19-12-14-11-17(31)5-6-18(14)29-19)20-22(25)26-13-27-23(20)28-15-1-3-16(4-2-15)30-7-9-32-10-8-30/h5-6,11-13,15-16,24,29,31H,1-4,7-10H2,(H3,25,26,27,28)/p+1. The molecule has 1 aromatic carbocycles. The van der Waals surface area contributed by atoms with Crippen molar-refractivity contribution >= 4 is 28.3 Å². The molecule has 0 spiro atoms. The van der Waals surface area contributed by atoms with Gasteiger partial charge in [0.25, 0.3) is 0 Å². The van der Waals surface area contributed by atoms with Crippen LogP contribution in [-0.2, 0) is 4.74 Å². The quantitative estimate of drug-likeness (QED) is 0.384. The molecule has 2 aliphatic rings. The first-order valence-electron chi connectivity index (χ1n) is 11.3. The number of morpholine rings is 1. The van der Waals surface area contributed by atoms with Gasteiger partial charge in [-0.05, 0) is 37.1 Å². The number of anilines is 1. The number of nitrogens with two attached hydrogens (primary N) is 2. The van der Waals surface area contributed by atoms with Crippen LogP contribution >= 0.6 is 0 Å². The van der Waals surface area contributed by atoms with E-state index < -0.39 is 0 Å². The number of nitrogens with zero attached hydrogens (tertiary/aromatic N) is 3. The summed E-state index contributed by atoms with van der Waals surface area (Å²) in [5.41, 5.74) is 8.50. The van der Waals surface area contributed by atoms with Gasteiger partial charge in [-0.1, -0.05) is 0 Å². The zero-order chi connectivity index (χ0) is 22.1. The number of hydrogen-bond acceptors (Lipinski definition) is 7. The number of quaternary nitrogens is 1. The third-order valence-electron chi connectivity index (χ3n) is 6.73. The molecule has 3 aromatic rings. The van der Waals surface area contributed by atoms with Gasteiger partial charge >= 0.3 is 0 Å². The topological polar surface area (TPSA) is 141 Å². The van der Waals surface area contributed by atoms with Crippen molar-refractivity contribution < 1.29 is 15.2 Å². The summed E-state index contributed by atoms with van der Waals surface area (Å²) in [5, 5.41) is 21.6. The van der Waals surface area contributed by atoms with Gasteiger partial charge in [-0.15, -0.1) is 0 Å². The molecule has 0 amide bonds. The molecule has 0 bridgehead atoms. The minimum Gasteiger partial charge on any atom is -0.508 e. The molecule has 168 valence electrons. The lowest BCUT2D eigenvalue weighted by Gasteiger charge is -2.38. The molecule has 7 N–H and O–H groups in total. The number of phenols is 1. The van der Waals surface area contributed by atoms with Crippen LogP contribution in [0, 0.1) is 5.41 Å². The molecule has 0 radical (unpaired) electrons. The van der Waals surface area contributed by atoms with Crippen molar-refractivity contribution in [2.75, 3.05) is 32.0 Å². The molecule has 2 aromatic heterocycles. The fraction of sp³-hybridized carbons (Fsp3) is 0.435. The maximum Gasteiger partial charge on any atom is 0.239 e. The van der Waals surface area contributed by atoms with Crippen molar-refractivity contribution in [2.24, 2.45) is 0 Å². The second-order valence-electron chi connectivity index (χ2n) is 8.73. The molecule has 2 fully saturated rings. The molecule has 9 nitrogen and oxygen atoms in total. The van der Waals surface area contributed by atoms with Crippen molar-refractivity contribution in [3.63, 3.8) is 0 Å². The van der Waals surface area contributed by atoms with Crippen LogP contribution in [0.2, 0.25) is 0 Å². The number of hydrogen-bond donors (Lipinski definition) is 5. The van der Waals surface area contributed by atoms with Crippen LogP contribution in [-0.4, -0.2) is 69.1 Å². The number of aromatic amines is 1. The first-order chi connectivity index (χ1) is 15.6. The number of nitrogen functional groups attached to an aromatic ring is 1. The molecule has 1 aliphatic carbocycles. The first-order valence-corrected chi connectivity index (χ1v) is 11.3. The van der Waals surface area contributed by atoms with Crippen molar-refractivity contribution in [3.05, 3.63) is 41.9 Å². The van der Waals surface area contributed by atoms with E-state index in [-0.39, 0.29) is 11.5 Å². The largest absolute Gasteiger partial charge is 0.508 e. The van der Waals surface area contributed by atoms with Gasteiger partial charge < -0.3 is 20.6 Å². The van der Waals surface area contributed by atoms with E-state index in [1.54, 1.807) is 18.2 Å². The normalized spacial score (nSPS) is 22.2. The Morgan fingerprint density at radius 3 is 2.72 bits per heavy atom. The van der Waals surface area contributed by atoms with Crippen molar-refractivity contribution in [1.29, 1.82) is 5.41 Å². The van der Waals surface area contributed by atoms with E-state index in [4.69, 9.17) is 15.9 Å². The van der Waals surface area contributed by atoms with E-state index in [1.807, 2.05) is 6.07 Å². The molecule has 32 heavy (non-hydrogen) atoms. The first kappa shape index (κ1) is 20.9. The van der Waals surface area contributed by atoms with Crippen molar-refractivity contribution in [2.45, 2.75) is 37.8 Å². The van der Waals surface area contributed by atoms with E-state index in [0.29, 0.717) is 29.2 Å². The maximum absolute atomic E-state index is 9.75. The van der Waals surface area contributed by atoms with Crippen LogP contribution in [0.3, 0.4) is 0 Å². The predicted molar refractivity (Wildman–Crippen MR) is 122 cm³/mol. The highest BCUT2D eigenvalue weighted by Gasteiger charge is 2.30. The van der Waals surface area contributed by atoms with Crippen LogP contribution in [0.15, 0.2) is 30.6 Å². The van der Waals surface area contributed by atoms with Crippen LogP contribution in [0.25, 0.3) is 10.9 Å². The van der Waals surface area contributed by atoms with E-state index >= 15 is 0 Å². The molecule has 1 saturated heterocycles. The second-order valence-corrected chi connectivity index (χ2v) is 8.73. The second kappa shape index (κ2) is 8.85. The zero-order valence-corrected chi connectivity index (χ0v) is 18.1. The lowest BCUT2D eigenvalue weighted by Crippen LogP contribution is -2.86. The smallest absolute Gasteiger partial charge is 0.239 e. The Kier molecular flexibility index (Phi) is 5.77. The van der Waals surface area contributed by atoms with E-state index in [0.717, 1.165) is 55.9 Å². The highest BCUT2D eigenvalue weighted by molar-refractivity contribution is 6.16. The van der Waals surface area contributed by atoms with Crippen molar-refractivity contribution in [1.82, 2.24) is 19.9 Å². The number of aromatic hydroxyl groups is 1. The third kappa shape index (κ3) is 4.19. The molecular formula is C23H30N7O2+. The molecule has 5 rings (SSSR count). The van der Waals surface area contributed by atoms with Crippen molar-refractivity contribution in [3.8, 4) is 5.75 Å². The zero-order valence-electron chi connectivity index (χ0n) is 18.1. The monoisotopic (exact) mass is 436 g/mol.